The molecule has 0 aromatic heterocycles. The normalized spacial score (nSPS) is 19.1. The Hall–Kier alpha value is -1.64. The van der Waals surface area contributed by atoms with Crippen LogP contribution in [0.2, 0.25) is 0 Å². The van der Waals surface area contributed by atoms with E-state index in [0.717, 1.165) is 12.1 Å². The van der Waals surface area contributed by atoms with E-state index >= 15 is 0 Å². The van der Waals surface area contributed by atoms with Gasteiger partial charge in [-0.15, -0.1) is 0 Å². The van der Waals surface area contributed by atoms with Gasteiger partial charge in [-0.2, -0.15) is 4.31 Å². The van der Waals surface area contributed by atoms with Crippen molar-refractivity contribution < 1.29 is 28.2 Å². The Balaban J connectivity index is 2.48. The molecule has 0 spiro atoms. The molecule has 1 saturated heterocycles. The monoisotopic (exact) mass is 315 g/mol. The molecule has 1 aliphatic heterocycles. The SMILES string of the molecule is Cc1cc(O)c(C(=O)O)cc1S(=O)(=O)N(C)C1CCOC1. The highest BCUT2D eigenvalue weighted by Crippen LogP contribution is 2.29. The molecular formula is C13H17NO6S. The van der Waals surface area contributed by atoms with Gasteiger partial charge >= 0.3 is 5.97 Å². The number of benzene rings is 1. The molecule has 1 atom stereocenters. The lowest BCUT2D eigenvalue weighted by Crippen LogP contribution is -2.37. The molecule has 2 rings (SSSR count). The number of likely N-dealkylation sites (N-methyl/N-ethyl adjacent to an activating group) is 1. The number of rotatable bonds is 4. The summed E-state index contributed by atoms with van der Waals surface area (Å²) in [7, 11) is -2.40. The first-order valence-corrected chi connectivity index (χ1v) is 7.82. The van der Waals surface area contributed by atoms with Crippen LogP contribution in [0.3, 0.4) is 0 Å². The lowest BCUT2D eigenvalue weighted by atomic mass is 10.1. The van der Waals surface area contributed by atoms with Crippen molar-refractivity contribution in [2.75, 3.05) is 20.3 Å². The van der Waals surface area contributed by atoms with Crippen molar-refractivity contribution in [1.82, 2.24) is 4.31 Å². The molecule has 0 saturated carbocycles. The van der Waals surface area contributed by atoms with Crippen molar-refractivity contribution in [2.24, 2.45) is 0 Å². The Kier molecular flexibility index (Phi) is 4.22. The van der Waals surface area contributed by atoms with Crippen LogP contribution in [-0.4, -0.2) is 55.2 Å². The number of aromatic hydroxyl groups is 1. The Labute approximate surface area is 122 Å². The third kappa shape index (κ3) is 2.87. The van der Waals surface area contributed by atoms with Crippen molar-refractivity contribution in [2.45, 2.75) is 24.3 Å². The van der Waals surface area contributed by atoms with E-state index in [2.05, 4.69) is 0 Å². The molecule has 0 amide bonds. The Morgan fingerprint density at radius 1 is 1.43 bits per heavy atom. The fourth-order valence-electron chi connectivity index (χ4n) is 2.28. The summed E-state index contributed by atoms with van der Waals surface area (Å²) in [5.41, 5.74) is -0.140. The maximum Gasteiger partial charge on any atom is 0.339 e. The summed E-state index contributed by atoms with van der Waals surface area (Å²) in [5, 5.41) is 18.6. The highest BCUT2D eigenvalue weighted by atomic mass is 32.2. The van der Waals surface area contributed by atoms with Gasteiger partial charge in [0.15, 0.2) is 0 Å². The molecule has 21 heavy (non-hydrogen) atoms. The maximum atomic E-state index is 12.6. The average molecular weight is 315 g/mol. The number of carbonyl (C=O) groups is 1. The number of carboxylic acids is 1. The summed E-state index contributed by atoms with van der Waals surface area (Å²) in [6, 6.07) is 1.88. The van der Waals surface area contributed by atoms with Crippen molar-refractivity contribution in [3.63, 3.8) is 0 Å². The molecule has 116 valence electrons. The van der Waals surface area contributed by atoms with Gasteiger partial charge in [0.1, 0.15) is 11.3 Å². The second-order valence-electron chi connectivity index (χ2n) is 4.98. The van der Waals surface area contributed by atoms with Gasteiger partial charge in [0.25, 0.3) is 0 Å². The number of aryl methyl sites for hydroxylation is 1. The first kappa shape index (κ1) is 15.7. The van der Waals surface area contributed by atoms with E-state index in [9.17, 15) is 18.3 Å². The van der Waals surface area contributed by atoms with Crippen molar-refractivity contribution >= 4 is 16.0 Å². The largest absolute Gasteiger partial charge is 0.507 e. The molecule has 0 aliphatic carbocycles. The van der Waals surface area contributed by atoms with Crippen LogP contribution < -0.4 is 0 Å². The zero-order valence-corrected chi connectivity index (χ0v) is 12.6. The van der Waals surface area contributed by atoms with Gasteiger partial charge < -0.3 is 14.9 Å². The molecular weight excluding hydrogens is 298 g/mol. The van der Waals surface area contributed by atoms with E-state index in [1.165, 1.54) is 18.3 Å². The number of sulfonamides is 1. The fourth-order valence-corrected chi connectivity index (χ4v) is 3.88. The number of ether oxygens (including phenoxy) is 1. The van der Waals surface area contributed by atoms with E-state index in [-0.39, 0.29) is 10.9 Å². The summed E-state index contributed by atoms with van der Waals surface area (Å²) in [4.78, 5) is 10.9. The summed E-state index contributed by atoms with van der Waals surface area (Å²) in [6.45, 7) is 2.33. The Morgan fingerprint density at radius 3 is 2.62 bits per heavy atom. The van der Waals surface area contributed by atoms with E-state index in [0.29, 0.717) is 25.2 Å². The van der Waals surface area contributed by atoms with Gasteiger partial charge in [-0.25, -0.2) is 13.2 Å². The lowest BCUT2D eigenvalue weighted by Gasteiger charge is -2.23. The quantitative estimate of drug-likeness (QED) is 0.852. The highest BCUT2D eigenvalue weighted by Gasteiger charge is 2.32. The lowest BCUT2D eigenvalue weighted by molar-refractivity contribution is 0.0693. The van der Waals surface area contributed by atoms with Gasteiger partial charge in [-0.3, -0.25) is 0 Å². The molecule has 1 aromatic carbocycles. The molecule has 8 heteroatoms. The number of phenols is 1. The van der Waals surface area contributed by atoms with E-state index in [1.54, 1.807) is 0 Å². The number of carboxylic acid groups (broad SMARTS) is 1. The maximum absolute atomic E-state index is 12.6. The van der Waals surface area contributed by atoms with Crippen LogP contribution in [0.5, 0.6) is 5.75 Å². The van der Waals surface area contributed by atoms with Crippen molar-refractivity contribution in [3.8, 4) is 5.75 Å². The van der Waals surface area contributed by atoms with Gasteiger partial charge in [0.05, 0.1) is 17.5 Å². The summed E-state index contributed by atoms with van der Waals surface area (Å²) < 4.78 is 31.6. The van der Waals surface area contributed by atoms with Gasteiger partial charge in [0.2, 0.25) is 10.0 Å². The summed E-state index contributed by atoms with van der Waals surface area (Å²) >= 11 is 0. The van der Waals surface area contributed by atoms with Crippen LogP contribution in [0.1, 0.15) is 22.3 Å². The van der Waals surface area contributed by atoms with Crippen LogP contribution in [0.25, 0.3) is 0 Å². The average Bonchev–Trinajstić information content (AvgIpc) is 2.90. The molecule has 0 bridgehead atoms. The minimum absolute atomic E-state index is 0.118. The van der Waals surface area contributed by atoms with Gasteiger partial charge in [-0.1, -0.05) is 0 Å². The Bertz CT molecular complexity index is 663. The molecule has 1 aromatic rings. The first-order chi connectivity index (χ1) is 9.75. The molecule has 1 fully saturated rings. The predicted octanol–water partition coefficient (Wildman–Crippen LogP) is 0.808. The standard InChI is InChI=1S/C13H17NO6S/c1-8-5-11(15)10(13(16)17)6-12(8)21(18,19)14(2)9-3-4-20-7-9/h5-6,9,15H,3-4,7H2,1-2H3,(H,16,17). The van der Waals surface area contributed by atoms with E-state index < -0.39 is 27.3 Å². The summed E-state index contributed by atoms with van der Waals surface area (Å²) in [6.07, 6.45) is 0.596. The van der Waals surface area contributed by atoms with Crippen LogP contribution in [-0.2, 0) is 14.8 Å². The third-order valence-electron chi connectivity index (χ3n) is 3.60. The number of nitrogens with zero attached hydrogens (tertiary/aromatic N) is 1. The van der Waals surface area contributed by atoms with Crippen LogP contribution in [0.4, 0.5) is 0 Å². The van der Waals surface area contributed by atoms with Crippen molar-refractivity contribution in [1.29, 1.82) is 0 Å². The zero-order chi connectivity index (χ0) is 15.8. The highest BCUT2D eigenvalue weighted by molar-refractivity contribution is 7.89. The molecule has 7 nitrogen and oxygen atoms in total. The topological polar surface area (TPSA) is 104 Å². The zero-order valence-electron chi connectivity index (χ0n) is 11.7. The number of hydrogen-bond acceptors (Lipinski definition) is 5. The first-order valence-electron chi connectivity index (χ1n) is 6.38. The minimum atomic E-state index is -3.85. The van der Waals surface area contributed by atoms with Crippen molar-refractivity contribution in [3.05, 3.63) is 23.3 Å². The number of hydrogen-bond donors (Lipinski definition) is 2. The molecule has 2 N–H and O–H groups in total. The molecule has 1 heterocycles. The minimum Gasteiger partial charge on any atom is -0.507 e. The predicted molar refractivity (Wildman–Crippen MR) is 74.0 cm³/mol. The fraction of sp³-hybridized carbons (Fsp3) is 0.462. The molecule has 1 unspecified atom stereocenters. The van der Waals surface area contributed by atoms with Crippen LogP contribution >= 0.6 is 0 Å². The Morgan fingerprint density at radius 2 is 2.10 bits per heavy atom. The second-order valence-corrected chi connectivity index (χ2v) is 6.94. The van der Waals surface area contributed by atoms with E-state index in [4.69, 9.17) is 9.84 Å². The molecule has 0 radical (unpaired) electrons. The van der Waals surface area contributed by atoms with Crippen LogP contribution in [0.15, 0.2) is 17.0 Å². The third-order valence-corrected chi connectivity index (χ3v) is 5.65. The number of aromatic carboxylic acids is 1. The van der Waals surface area contributed by atoms with Gasteiger partial charge in [0, 0.05) is 13.7 Å². The van der Waals surface area contributed by atoms with E-state index in [1.807, 2.05) is 0 Å². The summed E-state index contributed by atoms with van der Waals surface area (Å²) in [5.74, 6) is -1.83. The van der Waals surface area contributed by atoms with Gasteiger partial charge in [-0.05, 0) is 31.0 Å². The smallest absolute Gasteiger partial charge is 0.339 e. The van der Waals surface area contributed by atoms with Crippen LogP contribution in [0, 0.1) is 6.92 Å². The molecule has 1 aliphatic rings. The second kappa shape index (κ2) is 5.63.